The molecule has 1 saturated heterocycles. The summed E-state index contributed by atoms with van der Waals surface area (Å²) in [4.78, 5) is 9.09. The van der Waals surface area contributed by atoms with Gasteiger partial charge in [0.15, 0.2) is 12.6 Å². The molecule has 1 fully saturated rings. The first kappa shape index (κ1) is 22.1. The summed E-state index contributed by atoms with van der Waals surface area (Å²) in [7, 11) is 1.49. The van der Waals surface area contributed by atoms with Crippen molar-refractivity contribution in [3.05, 3.63) is 23.9 Å². The molecule has 1 aromatic heterocycles. The number of hydrogen-bond donors (Lipinski definition) is 2. The van der Waals surface area contributed by atoms with E-state index in [1.807, 2.05) is 0 Å². The number of guanidine groups is 1. The molecule has 0 aliphatic carbocycles. The first-order valence-corrected chi connectivity index (χ1v) is 8.45. The topological polar surface area (TPSA) is 61.8 Å². The maximum Gasteiger partial charge on any atom is 0.422 e. The van der Waals surface area contributed by atoms with Crippen LogP contribution in [0.25, 0.3) is 0 Å². The minimum absolute atomic E-state index is 0.0830. The van der Waals surface area contributed by atoms with Gasteiger partial charge in [0.2, 0.25) is 5.88 Å². The maximum atomic E-state index is 12.5. The average Bonchev–Trinajstić information content (AvgIpc) is 3.01. The predicted molar refractivity (Wildman–Crippen MR) is 90.0 cm³/mol. The lowest BCUT2D eigenvalue weighted by atomic mass is 10.2. The molecule has 2 heterocycles. The Kier molecular flexibility index (Phi) is 7.33. The van der Waals surface area contributed by atoms with E-state index in [4.69, 9.17) is 4.74 Å². The van der Waals surface area contributed by atoms with E-state index in [2.05, 4.69) is 20.6 Å². The Labute approximate surface area is 158 Å². The van der Waals surface area contributed by atoms with Gasteiger partial charge in [0.1, 0.15) is 0 Å². The second kappa shape index (κ2) is 9.30. The van der Waals surface area contributed by atoms with Crippen LogP contribution in [0.3, 0.4) is 0 Å². The number of alkyl halides is 6. The first-order valence-electron chi connectivity index (χ1n) is 8.45. The number of nitrogens with zero attached hydrogens (tertiary/aromatic N) is 3. The van der Waals surface area contributed by atoms with Crippen molar-refractivity contribution in [1.29, 1.82) is 0 Å². The van der Waals surface area contributed by atoms with E-state index >= 15 is 0 Å². The molecule has 1 aliphatic rings. The van der Waals surface area contributed by atoms with Crippen LogP contribution in [0, 0.1) is 0 Å². The van der Waals surface area contributed by atoms with Gasteiger partial charge in [-0.25, -0.2) is 4.98 Å². The van der Waals surface area contributed by atoms with Crippen LogP contribution in [0.15, 0.2) is 23.3 Å². The third-order valence-electron chi connectivity index (χ3n) is 3.91. The Morgan fingerprint density at radius 2 is 2.04 bits per heavy atom. The molecule has 2 N–H and O–H groups in total. The summed E-state index contributed by atoms with van der Waals surface area (Å²) in [5.74, 6) is 0.171. The lowest BCUT2D eigenvalue weighted by Gasteiger charge is -2.20. The van der Waals surface area contributed by atoms with Crippen LogP contribution in [0.2, 0.25) is 0 Å². The van der Waals surface area contributed by atoms with Gasteiger partial charge in [-0.1, -0.05) is 6.07 Å². The quantitative estimate of drug-likeness (QED) is 0.426. The van der Waals surface area contributed by atoms with E-state index in [9.17, 15) is 26.3 Å². The number of ether oxygens (including phenoxy) is 1. The number of halogens is 6. The molecule has 1 atom stereocenters. The van der Waals surface area contributed by atoms with Gasteiger partial charge in [0, 0.05) is 44.5 Å². The van der Waals surface area contributed by atoms with Crippen molar-refractivity contribution >= 4 is 5.96 Å². The number of nitrogens with one attached hydrogen (secondary N) is 2. The molecule has 0 spiro atoms. The smallest absolute Gasteiger partial charge is 0.422 e. The Bertz CT molecular complexity index is 664. The minimum atomic E-state index is -4.48. The molecule has 1 aliphatic heterocycles. The minimum Gasteiger partial charge on any atom is -0.468 e. The fourth-order valence-electron chi connectivity index (χ4n) is 2.75. The molecule has 2 rings (SSSR count). The van der Waals surface area contributed by atoms with E-state index < -0.39 is 25.5 Å². The van der Waals surface area contributed by atoms with E-state index in [0.717, 1.165) is 0 Å². The van der Waals surface area contributed by atoms with Crippen molar-refractivity contribution in [1.82, 2.24) is 20.5 Å². The number of pyridine rings is 1. The molecule has 0 aromatic carbocycles. The summed E-state index contributed by atoms with van der Waals surface area (Å²) in [5.41, 5.74) is 0.389. The Balaban J connectivity index is 1.86. The van der Waals surface area contributed by atoms with Crippen molar-refractivity contribution < 1.29 is 31.1 Å². The highest BCUT2D eigenvalue weighted by atomic mass is 19.4. The highest BCUT2D eigenvalue weighted by Crippen LogP contribution is 2.21. The molecule has 1 unspecified atom stereocenters. The van der Waals surface area contributed by atoms with Gasteiger partial charge in [0.25, 0.3) is 0 Å². The number of likely N-dealkylation sites (tertiary alicyclic amines) is 1. The number of hydrogen-bond acceptors (Lipinski definition) is 4. The molecular formula is C16H21F6N5O. The standard InChI is InChI=1S/C16H21F6N5O/c1-23-14(26-12-4-6-27(8-12)9-15(17,18)19)25-7-11-3-2-5-24-13(11)28-10-16(20,21)22/h2-3,5,12H,4,6-10H2,1H3,(H2,23,25,26). The largest absolute Gasteiger partial charge is 0.468 e. The molecule has 1 aromatic rings. The molecule has 0 saturated carbocycles. The van der Waals surface area contributed by atoms with E-state index in [1.54, 1.807) is 12.1 Å². The van der Waals surface area contributed by atoms with Gasteiger partial charge < -0.3 is 15.4 Å². The Morgan fingerprint density at radius 1 is 1.29 bits per heavy atom. The Morgan fingerprint density at radius 3 is 2.68 bits per heavy atom. The van der Waals surface area contributed by atoms with Crippen LogP contribution in [0.4, 0.5) is 26.3 Å². The molecule has 12 heteroatoms. The normalized spacial score (nSPS) is 19.0. The van der Waals surface area contributed by atoms with Gasteiger partial charge >= 0.3 is 12.4 Å². The van der Waals surface area contributed by atoms with Crippen LogP contribution in [-0.2, 0) is 6.54 Å². The molecule has 0 bridgehead atoms. The summed E-state index contributed by atoms with van der Waals surface area (Å²) < 4.78 is 79.1. The lowest BCUT2D eigenvalue weighted by molar-refractivity contribution is -0.154. The molecule has 0 radical (unpaired) electrons. The average molecular weight is 413 g/mol. The number of aromatic nitrogens is 1. The van der Waals surface area contributed by atoms with E-state index in [-0.39, 0.29) is 25.0 Å². The van der Waals surface area contributed by atoms with Crippen LogP contribution in [-0.4, -0.2) is 67.5 Å². The summed E-state index contributed by atoms with van der Waals surface area (Å²) in [6.45, 7) is -1.81. The van der Waals surface area contributed by atoms with Crippen LogP contribution in [0.5, 0.6) is 5.88 Å². The van der Waals surface area contributed by atoms with Crippen molar-refractivity contribution in [3.63, 3.8) is 0 Å². The highest BCUT2D eigenvalue weighted by Gasteiger charge is 2.34. The summed E-state index contributed by atoms with van der Waals surface area (Å²) in [6.07, 6.45) is -6.90. The van der Waals surface area contributed by atoms with Crippen molar-refractivity contribution in [2.45, 2.75) is 31.4 Å². The third kappa shape index (κ3) is 7.79. The van der Waals surface area contributed by atoms with Gasteiger partial charge in [-0.15, -0.1) is 0 Å². The zero-order valence-corrected chi connectivity index (χ0v) is 15.1. The zero-order chi connectivity index (χ0) is 20.8. The zero-order valence-electron chi connectivity index (χ0n) is 15.1. The fourth-order valence-corrected chi connectivity index (χ4v) is 2.75. The van der Waals surface area contributed by atoms with Crippen molar-refractivity contribution in [3.8, 4) is 5.88 Å². The van der Waals surface area contributed by atoms with Crippen LogP contribution in [0.1, 0.15) is 12.0 Å². The van der Waals surface area contributed by atoms with Crippen LogP contribution < -0.4 is 15.4 Å². The second-order valence-corrected chi connectivity index (χ2v) is 6.28. The lowest BCUT2D eigenvalue weighted by Crippen LogP contribution is -2.45. The van der Waals surface area contributed by atoms with E-state index in [0.29, 0.717) is 24.5 Å². The van der Waals surface area contributed by atoms with Gasteiger partial charge in [0.05, 0.1) is 6.54 Å². The molecule has 158 valence electrons. The summed E-state index contributed by atoms with van der Waals surface area (Å²) in [5, 5.41) is 5.93. The van der Waals surface area contributed by atoms with Crippen molar-refractivity contribution in [2.24, 2.45) is 4.99 Å². The predicted octanol–water partition coefficient (Wildman–Crippen LogP) is 2.32. The molecule has 0 amide bonds. The molecule has 6 nitrogen and oxygen atoms in total. The van der Waals surface area contributed by atoms with Gasteiger partial charge in [-0.3, -0.25) is 9.89 Å². The number of aliphatic imine (C=N–C) groups is 1. The Hall–Kier alpha value is -2.24. The van der Waals surface area contributed by atoms with Gasteiger partial charge in [-0.2, -0.15) is 26.3 Å². The fraction of sp³-hybridized carbons (Fsp3) is 0.625. The monoisotopic (exact) mass is 413 g/mol. The molecule has 28 heavy (non-hydrogen) atoms. The molecular weight excluding hydrogens is 392 g/mol. The van der Waals surface area contributed by atoms with Crippen LogP contribution >= 0.6 is 0 Å². The third-order valence-corrected chi connectivity index (χ3v) is 3.91. The first-order chi connectivity index (χ1) is 13.1. The SMILES string of the molecule is CN=C(NCc1cccnc1OCC(F)(F)F)NC1CCN(CC(F)(F)F)C1. The van der Waals surface area contributed by atoms with Crippen molar-refractivity contribution in [2.75, 3.05) is 33.3 Å². The number of rotatable bonds is 6. The second-order valence-electron chi connectivity index (χ2n) is 6.28. The van der Waals surface area contributed by atoms with E-state index in [1.165, 1.54) is 18.1 Å². The summed E-state index contributed by atoms with van der Waals surface area (Å²) >= 11 is 0. The maximum absolute atomic E-state index is 12.5. The van der Waals surface area contributed by atoms with Gasteiger partial charge in [-0.05, 0) is 12.5 Å². The summed E-state index contributed by atoms with van der Waals surface area (Å²) in [6, 6.07) is 2.89. The highest BCUT2D eigenvalue weighted by molar-refractivity contribution is 5.80.